The van der Waals surface area contributed by atoms with Crippen LogP contribution in [0.25, 0.3) is 6.08 Å². The highest BCUT2D eigenvalue weighted by Crippen LogP contribution is 2.31. The Balaban J connectivity index is 1.51. The molecule has 1 heterocycles. The average molecular weight is 472 g/mol. The van der Waals surface area contributed by atoms with E-state index in [2.05, 4.69) is 5.48 Å². The molecule has 1 fully saturated rings. The summed E-state index contributed by atoms with van der Waals surface area (Å²) in [6.07, 6.45) is -1.91. The number of hydrogen-bond acceptors (Lipinski definition) is 4. The van der Waals surface area contributed by atoms with Crippen LogP contribution in [-0.2, 0) is 25.8 Å². The predicted molar refractivity (Wildman–Crippen MR) is 108 cm³/mol. The Morgan fingerprint density at radius 3 is 2.38 bits per heavy atom. The number of nitrogens with one attached hydrogen (secondary N) is 1. The van der Waals surface area contributed by atoms with Crippen molar-refractivity contribution in [2.24, 2.45) is 0 Å². The molecule has 1 N–H and O–H groups in total. The molecule has 0 radical (unpaired) electrons. The molecule has 0 aromatic heterocycles. The van der Waals surface area contributed by atoms with Crippen molar-refractivity contribution < 1.29 is 35.6 Å². The van der Waals surface area contributed by atoms with Crippen LogP contribution < -0.4 is 5.48 Å². The molecule has 1 aliphatic rings. The van der Waals surface area contributed by atoms with Gasteiger partial charge in [-0.1, -0.05) is 18.2 Å². The van der Waals surface area contributed by atoms with Gasteiger partial charge in [0.1, 0.15) is 5.82 Å². The van der Waals surface area contributed by atoms with Gasteiger partial charge in [0.25, 0.3) is 5.91 Å². The van der Waals surface area contributed by atoms with Crippen molar-refractivity contribution in [3.05, 3.63) is 71.6 Å². The summed E-state index contributed by atoms with van der Waals surface area (Å²) >= 11 is 0. The van der Waals surface area contributed by atoms with Gasteiger partial charge in [-0.3, -0.25) is 9.63 Å². The first-order valence-electron chi connectivity index (χ1n) is 9.62. The minimum Gasteiger partial charge on any atom is -0.270 e. The van der Waals surface area contributed by atoms with E-state index in [9.17, 15) is 30.8 Å². The van der Waals surface area contributed by atoms with Gasteiger partial charge in [-0.2, -0.15) is 17.5 Å². The molecule has 1 saturated heterocycles. The molecule has 0 atom stereocenters. The molecule has 0 bridgehead atoms. The second-order valence-electron chi connectivity index (χ2n) is 7.10. The minimum atomic E-state index is -4.64. The number of piperidine rings is 1. The quantitative estimate of drug-likeness (QED) is 0.395. The zero-order chi connectivity index (χ0) is 23.4. The lowest BCUT2D eigenvalue weighted by Gasteiger charge is -2.30. The summed E-state index contributed by atoms with van der Waals surface area (Å²) in [5, 5.41) is 0. The van der Waals surface area contributed by atoms with E-state index in [0.29, 0.717) is 11.6 Å². The Labute approximate surface area is 182 Å². The van der Waals surface area contributed by atoms with Gasteiger partial charge in [-0.15, -0.1) is 0 Å². The zero-order valence-corrected chi connectivity index (χ0v) is 17.5. The smallest absolute Gasteiger partial charge is 0.270 e. The van der Waals surface area contributed by atoms with Crippen molar-refractivity contribution in [3.63, 3.8) is 0 Å². The van der Waals surface area contributed by atoms with Gasteiger partial charge >= 0.3 is 6.18 Å². The minimum absolute atomic E-state index is 0.0323. The molecule has 11 heteroatoms. The first-order valence-corrected chi connectivity index (χ1v) is 11.1. The van der Waals surface area contributed by atoms with E-state index in [-0.39, 0.29) is 25.9 Å². The van der Waals surface area contributed by atoms with Crippen molar-refractivity contribution in [2.45, 2.75) is 30.0 Å². The molecule has 2 aromatic rings. The number of hydroxylamine groups is 1. The molecule has 3 rings (SSSR count). The molecule has 2 aromatic carbocycles. The molecule has 0 unspecified atom stereocenters. The highest BCUT2D eigenvalue weighted by molar-refractivity contribution is 7.89. The first-order chi connectivity index (χ1) is 15.1. The molecule has 6 nitrogen and oxygen atoms in total. The average Bonchev–Trinajstić information content (AvgIpc) is 2.77. The number of nitrogens with zero attached hydrogens (tertiary/aromatic N) is 1. The van der Waals surface area contributed by atoms with Crippen LogP contribution in [0.2, 0.25) is 0 Å². The maximum Gasteiger partial charge on any atom is 0.416 e. The number of carbonyl (C=O) groups excluding carboxylic acids is 1. The van der Waals surface area contributed by atoms with Crippen LogP contribution in [-0.4, -0.2) is 37.8 Å². The van der Waals surface area contributed by atoms with Gasteiger partial charge in [-0.05, 0) is 54.8 Å². The molecule has 0 saturated carbocycles. The lowest BCUT2D eigenvalue weighted by Crippen LogP contribution is -2.42. The molecule has 1 amide bonds. The maximum absolute atomic E-state index is 12.9. The van der Waals surface area contributed by atoms with E-state index in [1.807, 2.05) is 0 Å². The monoisotopic (exact) mass is 472 g/mol. The van der Waals surface area contributed by atoms with Crippen molar-refractivity contribution >= 4 is 22.0 Å². The molecule has 32 heavy (non-hydrogen) atoms. The summed E-state index contributed by atoms with van der Waals surface area (Å²) in [6.45, 7) is 0.0646. The number of alkyl halides is 3. The molecule has 0 aliphatic carbocycles. The maximum atomic E-state index is 12.9. The van der Waals surface area contributed by atoms with Crippen molar-refractivity contribution in [3.8, 4) is 0 Å². The number of carbonyl (C=O) groups is 1. The van der Waals surface area contributed by atoms with Gasteiger partial charge in [0.2, 0.25) is 10.0 Å². The van der Waals surface area contributed by atoms with Crippen LogP contribution in [0.1, 0.15) is 24.0 Å². The highest BCUT2D eigenvalue weighted by Gasteiger charge is 2.34. The predicted octanol–water partition coefficient (Wildman–Crippen LogP) is 3.76. The van der Waals surface area contributed by atoms with Crippen LogP contribution in [0, 0.1) is 5.82 Å². The fourth-order valence-electron chi connectivity index (χ4n) is 3.09. The van der Waals surface area contributed by atoms with Gasteiger partial charge < -0.3 is 0 Å². The second-order valence-corrected chi connectivity index (χ2v) is 9.04. The normalized spacial score (nSPS) is 16.4. The van der Waals surface area contributed by atoms with E-state index in [4.69, 9.17) is 4.84 Å². The third-order valence-corrected chi connectivity index (χ3v) is 6.72. The number of amides is 1. The number of rotatable bonds is 6. The van der Waals surface area contributed by atoms with Crippen molar-refractivity contribution in [1.82, 2.24) is 9.79 Å². The Bertz CT molecular complexity index is 1080. The van der Waals surface area contributed by atoms with Crippen molar-refractivity contribution in [2.75, 3.05) is 13.1 Å². The van der Waals surface area contributed by atoms with E-state index >= 15 is 0 Å². The third kappa shape index (κ3) is 6.15. The third-order valence-electron chi connectivity index (χ3n) is 4.82. The summed E-state index contributed by atoms with van der Waals surface area (Å²) < 4.78 is 78.0. The summed E-state index contributed by atoms with van der Waals surface area (Å²) in [6, 6.07) is 9.13. The van der Waals surface area contributed by atoms with Crippen LogP contribution in [0.3, 0.4) is 0 Å². The van der Waals surface area contributed by atoms with Crippen LogP contribution in [0.5, 0.6) is 0 Å². The summed E-state index contributed by atoms with van der Waals surface area (Å²) in [4.78, 5) is 16.7. The van der Waals surface area contributed by atoms with E-state index in [1.54, 1.807) is 0 Å². The number of halogens is 4. The van der Waals surface area contributed by atoms with Crippen molar-refractivity contribution in [1.29, 1.82) is 0 Å². The topological polar surface area (TPSA) is 75.7 Å². The summed E-state index contributed by atoms with van der Waals surface area (Å²) in [5.41, 5.74) is 1.84. The molecular weight excluding hydrogens is 452 g/mol. The highest BCUT2D eigenvalue weighted by atomic mass is 32.2. The Morgan fingerprint density at radius 1 is 1.09 bits per heavy atom. The van der Waals surface area contributed by atoms with E-state index < -0.39 is 44.5 Å². The lowest BCUT2D eigenvalue weighted by molar-refractivity contribution is -0.137. The standard InChI is InChI=1S/C21H20F4N2O4S/c22-17-7-4-15(5-8-17)6-9-20(28)26-31-18-10-12-27(13-11-18)32(29,30)19-3-1-2-16(14-19)21(23,24)25/h1-9,14,18H,10-13H2,(H,26,28). The SMILES string of the molecule is O=C(C=Cc1ccc(F)cc1)NOC1CCN(S(=O)(=O)c2cccc(C(F)(F)F)c2)CC1. The summed E-state index contributed by atoms with van der Waals surface area (Å²) in [7, 11) is -4.09. The Kier molecular flexibility index (Phi) is 7.32. The number of hydrogen-bond donors (Lipinski definition) is 1. The first kappa shape index (κ1) is 23.9. The van der Waals surface area contributed by atoms with Gasteiger partial charge in [0.05, 0.1) is 16.6 Å². The zero-order valence-electron chi connectivity index (χ0n) is 16.7. The largest absolute Gasteiger partial charge is 0.416 e. The Morgan fingerprint density at radius 2 is 1.75 bits per heavy atom. The van der Waals surface area contributed by atoms with Crippen LogP contribution in [0.15, 0.2) is 59.5 Å². The summed E-state index contributed by atoms with van der Waals surface area (Å²) in [5.74, 6) is -0.940. The molecule has 0 spiro atoms. The van der Waals surface area contributed by atoms with Crippen LogP contribution in [0.4, 0.5) is 17.6 Å². The fraction of sp³-hybridized carbons (Fsp3) is 0.286. The second kappa shape index (κ2) is 9.80. The fourth-order valence-corrected chi connectivity index (χ4v) is 4.61. The molecular formula is C21H20F4N2O4S. The van der Waals surface area contributed by atoms with E-state index in [0.717, 1.165) is 22.5 Å². The molecule has 172 valence electrons. The number of sulfonamides is 1. The van der Waals surface area contributed by atoms with Gasteiger partial charge in [0, 0.05) is 19.2 Å². The number of benzene rings is 2. The molecule has 1 aliphatic heterocycles. The van der Waals surface area contributed by atoms with E-state index in [1.165, 1.54) is 36.4 Å². The Hall–Kier alpha value is -2.76. The van der Waals surface area contributed by atoms with Crippen LogP contribution >= 0.6 is 0 Å². The van der Waals surface area contributed by atoms with Gasteiger partial charge in [-0.25, -0.2) is 18.3 Å². The van der Waals surface area contributed by atoms with Gasteiger partial charge in [0.15, 0.2) is 0 Å². The lowest BCUT2D eigenvalue weighted by atomic mass is 10.1.